The number of aliphatic imine (C=N–C) groups is 1. The summed E-state index contributed by atoms with van der Waals surface area (Å²) < 4.78 is 5.87. The second-order valence-corrected chi connectivity index (χ2v) is 5.04. The van der Waals surface area contributed by atoms with E-state index in [1.807, 2.05) is 26.2 Å². The van der Waals surface area contributed by atoms with Crippen molar-refractivity contribution < 1.29 is 4.74 Å². The van der Waals surface area contributed by atoms with E-state index in [1.54, 1.807) is 0 Å². The maximum atomic E-state index is 5.99. The van der Waals surface area contributed by atoms with Crippen LogP contribution in [0.4, 0.5) is 5.69 Å². The minimum absolute atomic E-state index is 0.161. The number of benzene rings is 1. The number of nitrogens with two attached hydrogens (primary N) is 3. The molecule has 0 fully saturated rings. The second-order valence-electron chi connectivity index (χ2n) is 5.04. The van der Waals surface area contributed by atoms with Crippen LogP contribution in [0.5, 0.6) is 5.75 Å². The van der Waals surface area contributed by atoms with Gasteiger partial charge in [-0.1, -0.05) is 0 Å². The molecule has 1 aliphatic heterocycles. The Morgan fingerprint density at radius 1 is 1.53 bits per heavy atom. The molecule has 0 saturated heterocycles. The average molecular weight is 263 g/mol. The van der Waals surface area contributed by atoms with Gasteiger partial charge in [0.1, 0.15) is 18.0 Å². The summed E-state index contributed by atoms with van der Waals surface area (Å²) in [4.78, 5) is 6.05. The highest BCUT2D eigenvalue weighted by molar-refractivity contribution is 5.59. The summed E-state index contributed by atoms with van der Waals surface area (Å²) in [6, 6.07) is 3.80. The van der Waals surface area contributed by atoms with E-state index in [2.05, 4.69) is 9.89 Å². The zero-order valence-electron chi connectivity index (χ0n) is 11.3. The molecule has 6 heteroatoms. The minimum Gasteiger partial charge on any atom is -0.488 e. The van der Waals surface area contributed by atoms with Gasteiger partial charge < -0.3 is 26.8 Å². The van der Waals surface area contributed by atoms with E-state index in [1.165, 1.54) is 6.34 Å². The Labute approximate surface area is 113 Å². The summed E-state index contributed by atoms with van der Waals surface area (Å²) in [7, 11) is 4.05. The van der Waals surface area contributed by atoms with Crippen molar-refractivity contribution in [2.24, 2.45) is 16.5 Å². The molecule has 0 bridgehead atoms. The van der Waals surface area contributed by atoms with Crippen molar-refractivity contribution in [3.05, 3.63) is 23.3 Å². The van der Waals surface area contributed by atoms with E-state index < -0.39 is 6.17 Å². The maximum Gasteiger partial charge on any atom is 0.126 e. The summed E-state index contributed by atoms with van der Waals surface area (Å²) in [5.41, 5.74) is 19.7. The van der Waals surface area contributed by atoms with Gasteiger partial charge in [-0.25, -0.2) is 0 Å². The lowest BCUT2D eigenvalue weighted by atomic mass is 10.0. The molecule has 0 amide bonds. The van der Waals surface area contributed by atoms with E-state index in [0.717, 1.165) is 29.8 Å². The molecular weight excluding hydrogens is 242 g/mol. The topological polar surface area (TPSA) is 103 Å². The first kappa shape index (κ1) is 13.6. The monoisotopic (exact) mass is 263 g/mol. The second kappa shape index (κ2) is 5.46. The molecule has 0 spiro atoms. The van der Waals surface area contributed by atoms with Crippen LogP contribution in [-0.2, 0) is 6.42 Å². The maximum absolute atomic E-state index is 5.99. The third kappa shape index (κ3) is 2.97. The lowest BCUT2D eigenvalue weighted by molar-refractivity contribution is 0.184. The van der Waals surface area contributed by atoms with Crippen LogP contribution >= 0.6 is 0 Å². The van der Waals surface area contributed by atoms with Crippen molar-refractivity contribution in [2.75, 3.05) is 26.4 Å². The molecule has 1 aromatic rings. The van der Waals surface area contributed by atoms with Gasteiger partial charge in [-0.3, -0.25) is 4.99 Å². The van der Waals surface area contributed by atoms with Gasteiger partial charge >= 0.3 is 0 Å². The number of hydrogen-bond donors (Lipinski definition) is 3. The minimum atomic E-state index is -0.525. The van der Waals surface area contributed by atoms with Gasteiger partial charge in [-0.2, -0.15) is 0 Å². The number of nitrogens with zero attached hydrogens (tertiary/aromatic N) is 2. The molecule has 2 atom stereocenters. The number of ether oxygens (including phenoxy) is 1. The van der Waals surface area contributed by atoms with Gasteiger partial charge in [0, 0.05) is 30.3 Å². The van der Waals surface area contributed by atoms with Crippen LogP contribution in [0.25, 0.3) is 0 Å². The quantitative estimate of drug-likeness (QED) is 0.405. The number of anilines is 1. The van der Waals surface area contributed by atoms with Gasteiger partial charge in [0.05, 0.1) is 6.34 Å². The molecule has 2 unspecified atom stereocenters. The fraction of sp³-hybridized carbons (Fsp3) is 0.462. The molecule has 6 N–H and O–H groups in total. The normalized spacial score (nSPS) is 19.7. The van der Waals surface area contributed by atoms with Crippen LogP contribution in [-0.4, -0.2) is 38.0 Å². The molecule has 0 aliphatic carbocycles. The number of rotatable bonds is 4. The molecule has 1 aliphatic rings. The van der Waals surface area contributed by atoms with E-state index in [-0.39, 0.29) is 6.10 Å². The predicted octanol–water partition coefficient (Wildman–Crippen LogP) is 0.0782. The third-order valence-electron chi connectivity index (χ3n) is 3.14. The highest BCUT2D eigenvalue weighted by Gasteiger charge is 2.25. The summed E-state index contributed by atoms with van der Waals surface area (Å²) in [6.45, 7) is 0.872. The van der Waals surface area contributed by atoms with Crippen molar-refractivity contribution in [3.8, 4) is 5.75 Å². The fourth-order valence-corrected chi connectivity index (χ4v) is 2.33. The lowest BCUT2D eigenvalue weighted by Crippen LogP contribution is -2.29. The number of fused-ring (bicyclic) bond motifs is 1. The molecule has 0 aromatic heterocycles. The van der Waals surface area contributed by atoms with Gasteiger partial charge in [-0.15, -0.1) is 0 Å². The Hall–Kier alpha value is -1.79. The van der Waals surface area contributed by atoms with Crippen molar-refractivity contribution in [1.29, 1.82) is 0 Å². The van der Waals surface area contributed by atoms with Crippen LogP contribution in [0.15, 0.2) is 17.1 Å². The van der Waals surface area contributed by atoms with E-state index in [9.17, 15) is 0 Å². The zero-order valence-corrected chi connectivity index (χ0v) is 11.3. The summed E-state index contributed by atoms with van der Waals surface area (Å²) in [6.07, 6.45) is 1.69. The molecule has 0 saturated carbocycles. The lowest BCUT2D eigenvalue weighted by Gasteiger charge is -2.15. The van der Waals surface area contributed by atoms with Gasteiger partial charge in [0.2, 0.25) is 0 Å². The highest BCUT2D eigenvalue weighted by Crippen LogP contribution is 2.35. The largest absolute Gasteiger partial charge is 0.488 e. The zero-order chi connectivity index (χ0) is 14.0. The van der Waals surface area contributed by atoms with Crippen molar-refractivity contribution in [1.82, 2.24) is 4.90 Å². The van der Waals surface area contributed by atoms with Gasteiger partial charge in [-0.05, 0) is 25.7 Å². The van der Waals surface area contributed by atoms with E-state index in [0.29, 0.717) is 5.69 Å². The summed E-state index contributed by atoms with van der Waals surface area (Å²) in [5, 5.41) is 0. The van der Waals surface area contributed by atoms with Crippen molar-refractivity contribution >= 4 is 12.0 Å². The Balaban J connectivity index is 2.22. The molecule has 1 heterocycles. The molecule has 104 valence electrons. The predicted molar refractivity (Wildman–Crippen MR) is 77.1 cm³/mol. The van der Waals surface area contributed by atoms with E-state index in [4.69, 9.17) is 21.9 Å². The Morgan fingerprint density at radius 3 is 2.89 bits per heavy atom. The van der Waals surface area contributed by atoms with Crippen LogP contribution in [0.3, 0.4) is 0 Å². The Kier molecular flexibility index (Phi) is 3.92. The number of likely N-dealkylation sites (N-methyl/N-ethyl adjacent to an activating group) is 1. The molecule has 1 aromatic carbocycles. The van der Waals surface area contributed by atoms with Gasteiger partial charge in [0.25, 0.3) is 0 Å². The Bertz CT molecular complexity index is 486. The van der Waals surface area contributed by atoms with Crippen molar-refractivity contribution in [3.63, 3.8) is 0 Å². The summed E-state index contributed by atoms with van der Waals surface area (Å²) in [5.74, 6) is 0.844. The Morgan fingerprint density at radius 2 is 2.26 bits per heavy atom. The van der Waals surface area contributed by atoms with Crippen molar-refractivity contribution in [2.45, 2.75) is 18.7 Å². The first-order valence-corrected chi connectivity index (χ1v) is 6.24. The standard InChI is InChI=1S/C13H21N5O/c1-18(2)6-9-3-8-4-10(13(16)17-7-14)11(15)5-12(8)19-9/h4-5,7,9,13H,3,6,15-16H2,1-2H3,(H2,14,17). The molecule has 6 nitrogen and oxygen atoms in total. The number of nitrogen functional groups attached to an aromatic ring is 1. The smallest absolute Gasteiger partial charge is 0.126 e. The van der Waals surface area contributed by atoms with Gasteiger partial charge in [0.15, 0.2) is 0 Å². The average Bonchev–Trinajstić information content (AvgIpc) is 2.68. The van der Waals surface area contributed by atoms with Crippen LogP contribution in [0.2, 0.25) is 0 Å². The first-order valence-electron chi connectivity index (χ1n) is 6.24. The molecule has 19 heavy (non-hydrogen) atoms. The first-order chi connectivity index (χ1) is 9.01. The summed E-state index contributed by atoms with van der Waals surface area (Å²) >= 11 is 0. The fourth-order valence-electron chi connectivity index (χ4n) is 2.33. The van der Waals surface area contributed by atoms with Crippen LogP contribution in [0.1, 0.15) is 17.3 Å². The van der Waals surface area contributed by atoms with Crippen LogP contribution in [0, 0.1) is 0 Å². The van der Waals surface area contributed by atoms with E-state index >= 15 is 0 Å². The third-order valence-corrected chi connectivity index (χ3v) is 3.14. The molecule has 2 rings (SSSR count). The SMILES string of the molecule is CN(C)CC1Cc2cc(C(N)/N=C\N)c(N)cc2O1. The number of hydrogen-bond acceptors (Lipinski definition) is 5. The molecular formula is C13H21N5O. The van der Waals surface area contributed by atoms with Crippen LogP contribution < -0.4 is 21.9 Å². The highest BCUT2D eigenvalue weighted by atomic mass is 16.5. The molecule has 0 radical (unpaired) electrons.